The number of rotatable bonds is 7. The van der Waals surface area contributed by atoms with Crippen molar-refractivity contribution in [2.24, 2.45) is 0 Å². The van der Waals surface area contributed by atoms with Crippen molar-refractivity contribution < 1.29 is 31.0 Å². The maximum absolute atomic E-state index is 13.4. The first kappa shape index (κ1) is 28.0. The van der Waals surface area contributed by atoms with E-state index >= 15 is 0 Å². The number of fused-ring (bicyclic) bond motifs is 2. The normalized spacial score (nSPS) is 13.0. The fourth-order valence-corrected chi connectivity index (χ4v) is 6.52. The number of nitrogens with one attached hydrogen (secondary N) is 1. The van der Waals surface area contributed by atoms with Crippen LogP contribution in [0.5, 0.6) is 0 Å². The molecule has 0 bridgehead atoms. The maximum atomic E-state index is 13.4. The number of sulfonamides is 1. The molecule has 4 N–H and O–H groups in total. The predicted octanol–water partition coefficient (Wildman–Crippen LogP) is 4.04. The van der Waals surface area contributed by atoms with E-state index in [0.29, 0.717) is 11.3 Å². The largest absolute Gasteiger partial charge is 0.397 e. The molecule has 0 atom stereocenters. The number of hydrogen-bond donors (Lipinski definition) is 3. The molecule has 0 saturated heterocycles. The number of anilines is 3. The number of benzene rings is 4. The highest BCUT2D eigenvalue weighted by molar-refractivity contribution is 7.92. The highest BCUT2D eigenvalue weighted by Gasteiger charge is 2.36. The van der Waals surface area contributed by atoms with Crippen molar-refractivity contribution in [3.63, 3.8) is 0 Å². The average Bonchev–Trinajstić information content (AvgIpc) is 2.94. The Morgan fingerprint density at radius 2 is 1.39 bits per heavy atom. The fourth-order valence-electron chi connectivity index (χ4n) is 4.67. The third-order valence-electron chi connectivity index (χ3n) is 6.94. The van der Waals surface area contributed by atoms with Gasteiger partial charge in [0.15, 0.2) is 11.6 Å². The molecule has 0 spiro atoms. The summed E-state index contributed by atoms with van der Waals surface area (Å²) in [5, 5.41) is 2.98. The number of ketones is 2. The molecule has 0 aromatic heterocycles. The lowest BCUT2D eigenvalue weighted by molar-refractivity contribution is 0.0980. The molecule has 12 heteroatoms. The minimum atomic E-state index is -4.84. The fraction of sp³-hybridized carbons (Fsp3) is 0.103. The summed E-state index contributed by atoms with van der Waals surface area (Å²) in [5.74, 6) is -1.16. The zero-order valence-corrected chi connectivity index (χ0v) is 23.6. The van der Waals surface area contributed by atoms with Crippen molar-refractivity contribution >= 4 is 48.8 Å². The van der Waals surface area contributed by atoms with E-state index in [2.05, 4.69) is 5.32 Å². The highest BCUT2D eigenvalue weighted by atomic mass is 32.2. The third-order valence-corrected chi connectivity index (χ3v) is 9.63. The zero-order chi connectivity index (χ0) is 29.7. The minimum Gasteiger partial charge on any atom is -0.397 e. The van der Waals surface area contributed by atoms with E-state index < -0.39 is 42.3 Å². The van der Waals surface area contributed by atoms with Gasteiger partial charge in [-0.1, -0.05) is 54.1 Å². The highest BCUT2D eigenvalue weighted by Crippen LogP contribution is 2.39. The van der Waals surface area contributed by atoms with E-state index in [9.17, 15) is 31.0 Å². The summed E-state index contributed by atoms with van der Waals surface area (Å²) >= 11 is 0. The molecule has 4 aromatic rings. The number of nitrogen functional groups attached to an aromatic ring is 1. The van der Waals surface area contributed by atoms with Crippen LogP contribution in [-0.2, 0) is 26.7 Å². The van der Waals surface area contributed by atoms with Gasteiger partial charge in [-0.3, -0.25) is 18.4 Å². The van der Waals surface area contributed by atoms with Crippen LogP contribution in [0.1, 0.15) is 43.0 Å². The van der Waals surface area contributed by atoms with Crippen molar-refractivity contribution in [2.45, 2.75) is 23.3 Å². The molecule has 41 heavy (non-hydrogen) atoms. The SMILES string of the molecule is Cc1ccc(S(=O)(=O)N(C)c2ccc(CNc3cc(S(=O)(=O)O)c(N)c4c3C(=O)c3ccccc3C4=O)cc2)cc1. The summed E-state index contributed by atoms with van der Waals surface area (Å²) in [4.78, 5) is 26.2. The number of nitrogens with zero attached hydrogens (tertiary/aromatic N) is 1. The lowest BCUT2D eigenvalue weighted by atomic mass is 9.82. The Labute approximate surface area is 237 Å². The van der Waals surface area contributed by atoms with E-state index in [0.717, 1.165) is 15.9 Å². The van der Waals surface area contributed by atoms with Crippen molar-refractivity contribution in [3.05, 3.63) is 112 Å². The molecule has 1 aliphatic rings. The van der Waals surface area contributed by atoms with Gasteiger partial charge in [-0.25, -0.2) is 8.42 Å². The van der Waals surface area contributed by atoms with Crippen molar-refractivity contribution in [3.8, 4) is 0 Å². The predicted molar refractivity (Wildman–Crippen MR) is 155 cm³/mol. The van der Waals surface area contributed by atoms with E-state index in [1.54, 1.807) is 48.5 Å². The van der Waals surface area contributed by atoms with Gasteiger partial charge in [-0.2, -0.15) is 8.42 Å². The number of hydrogen-bond acceptors (Lipinski definition) is 8. The maximum Gasteiger partial charge on any atom is 0.296 e. The van der Waals surface area contributed by atoms with E-state index in [4.69, 9.17) is 5.73 Å². The summed E-state index contributed by atoms with van der Waals surface area (Å²) in [6, 6.07) is 20.2. The third kappa shape index (κ3) is 4.97. The first-order valence-electron chi connectivity index (χ1n) is 12.3. The van der Waals surface area contributed by atoms with Crippen LogP contribution in [-0.4, -0.2) is 40.0 Å². The Morgan fingerprint density at radius 1 is 0.829 bits per heavy atom. The van der Waals surface area contributed by atoms with Crippen molar-refractivity contribution in [2.75, 3.05) is 22.4 Å². The zero-order valence-electron chi connectivity index (χ0n) is 22.0. The molecule has 0 amide bonds. The molecule has 0 aliphatic heterocycles. The summed E-state index contributed by atoms with van der Waals surface area (Å²) < 4.78 is 61.2. The second-order valence-electron chi connectivity index (χ2n) is 9.57. The second-order valence-corrected chi connectivity index (χ2v) is 12.9. The summed E-state index contributed by atoms with van der Waals surface area (Å²) in [7, 11) is -7.18. The van der Waals surface area contributed by atoms with Gasteiger partial charge in [0.2, 0.25) is 0 Å². The van der Waals surface area contributed by atoms with Crippen LogP contribution in [0.3, 0.4) is 0 Å². The molecule has 0 heterocycles. The molecule has 5 rings (SSSR count). The van der Waals surface area contributed by atoms with Crippen LogP contribution in [0.15, 0.2) is 88.7 Å². The topological polar surface area (TPSA) is 164 Å². The quantitative estimate of drug-likeness (QED) is 0.187. The Balaban J connectivity index is 1.46. The van der Waals surface area contributed by atoms with Gasteiger partial charge in [0.05, 0.1) is 27.4 Å². The van der Waals surface area contributed by atoms with Crippen LogP contribution in [0, 0.1) is 6.92 Å². The van der Waals surface area contributed by atoms with Crippen LogP contribution in [0.4, 0.5) is 17.1 Å². The summed E-state index contributed by atoms with van der Waals surface area (Å²) in [5.41, 5.74) is 7.33. The Hall–Kier alpha value is -4.52. The van der Waals surface area contributed by atoms with Gasteiger partial charge in [-0.15, -0.1) is 0 Å². The van der Waals surface area contributed by atoms with Gasteiger partial charge in [0, 0.05) is 30.4 Å². The molecule has 10 nitrogen and oxygen atoms in total. The molecule has 0 saturated carbocycles. The average molecular weight is 592 g/mol. The van der Waals surface area contributed by atoms with Gasteiger partial charge in [0.1, 0.15) is 4.90 Å². The Morgan fingerprint density at radius 3 is 1.95 bits per heavy atom. The van der Waals surface area contributed by atoms with E-state index in [1.165, 1.54) is 31.3 Å². The van der Waals surface area contributed by atoms with E-state index in [1.807, 2.05) is 6.92 Å². The number of nitrogens with two attached hydrogens (primary N) is 1. The number of carbonyl (C=O) groups is 2. The molecule has 0 unspecified atom stereocenters. The molecule has 0 radical (unpaired) electrons. The van der Waals surface area contributed by atoms with Crippen LogP contribution >= 0.6 is 0 Å². The van der Waals surface area contributed by atoms with Crippen LogP contribution < -0.4 is 15.4 Å². The lowest BCUT2D eigenvalue weighted by Gasteiger charge is -2.24. The Kier molecular flexibility index (Phi) is 6.93. The molecule has 0 fully saturated rings. The van der Waals surface area contributed by atoms with Crippen molar-refractivity contribution in [1.82, 2.24) is 0 Å². The minimum absolute atomic E-state index is 0.00202. The standard InChI is InChI=1S/C29H25N3O7S2/c1-17-7-13-20(14-8-17)40(35,36)32(2)19-11-9-18(10-12-19)16-31-23-15-24(41(37,38)39)27(30)26-25(23)28(33)21-5-3-4-6-22(21)29(26)34/h3-15,31H,16,30H2,1-2H3,(H,37,38,39). The molecular formula is C29H25N3O7S2. The second kappa shape index (κ2) is 10.1. The van der Waals surface area contributed by atoms with Crippen molar-refractivity contribution in [1.29, 1.82) is 0 Å². The van der Waals surface area contributed by atoms with Gasteiger partial charge >= 0.3 is 0 Å². The van der Waals surface area contributed by atoms with Crippen LogP contribution in [0.2, 0.25) is 0 Å². The first-order valence-corrected chi connectivity index (χ1v) is 15.2. The molecule has 4 aromatic carbocycles. The Bertz CT molecular complexity index is 1940. The molecular weight excluding hydrogens is 566 g/mol. The molecule has 1 aliphatic carbocycles. The number of aryl methyl sites for hydroxylation is 1. The smallest absolute Gasteiger partial charge is 0.296 e. The van der Waals surface area contributed by atoms with Crippen LogP contribution in [0.25, 0.3) is 0 Å². The van der Waals surface area contributed by atoms with E-state index in [-0.39, 0.29) is 39.4 Å². The van der Waals surface area contributed by atoms with Gasteiger partial charge in [0.25, 0.3) is 20.1 Å². The summed E-state index contributed by atoms with van der Waals surface area (Å²) in [6.07, 6.45) is 0. The van der Waals surface area contributed by atoms with Gasteiger partial charge in [-0.05, 0) is 42.8 Å². The monoisotopic (exact) mass is 591 g/mol. The first-order chi connectivity index (χ1) is 19.3. The van der Waals surface area contributed by atoms with Gasteiger partial charge < -0.3 is 11.1 Å². The lowest BCUT2D eigenvalue weighted by Crippen LogP contribution is -2.26. The number of carbonyl (C=O) groups excluding carboxylic acids is 2. The summed E-state index contributed by atoms with van der Waals surface area (Å²) in [6.45, 7) is 1.93. The molecule has 210 valence electrons.